The summed E-state index contributed by atoms with van der Waals surface area (Å²) < 4.78 is 5.50. The van der Waals surface area contributed by atoms with E-state index in [4.69, 9.17) is 4.42 Å². The average molecular weight is 331 g/mol. The zero-order valence-electron chi connectivity index (χ0n) is 12.8. The first-order valence-electron chi connectivity index (χ1n) is 7.13. The molecule has 0 fully saturated rings. The van der Waals surface area contributed by atoms with Crippen molar-refractivity contribution in [1.82, 2.24) is 9.97 Å². The summed E-state index contributed by atoms with van der Waals surface area (Å²) in [6.07, 6.45) is 1.31. The Morgan fingerprint density at radius 1 is 1.43 bits per heavy atom. The number of carbonyl (C=O) groups is 1. The largest absolute Gasteiger partial charge is 0.455 e. The molecule has 0 aliphatic rings. The molecular formula is C16H17N3O3S. The Hall–Kier alpha value is -2.25. The van der Waals surface area contributed by atoms with Crippen LogP contribution < -0.4 is 5.32 Å². The quantitative estimate of drug-likeness (QED) is 0.667. The first kappa shape index (κ1) is 15.6. The van der Waals surface area contributed by atoms with Crippen molar-refractivity contribution in [3.63, 3.8) is 0 Å². The number of aromatic nitrogens is 2. The van der Waals surface area contributed by atoms with Crippen LogP contribution in [0, 0.1) is 0 Å². The van der Waals surface area contributed by atoms with E-state index < -0.39 is 6.10 Å². The van der Waals surface area contributed by atoms with Gasteiger partial charge in [-0.15, -0.1) is 0 Å². The maximum Gasteiger partial charge on any atom is 0.291 e. The topological polar surface area (TPSA) is 91.1 Å². The number of anilines is 1. The molecule has 3 N–H and O–H groups in total. The van der Waals surface area contributed by atoms with Crippen LogP contribution in [-0.2, 0) is 5.75 Å². The summed E-state index contributed by atoms with van der Waals surface area (Å²) in [6, 6.07) is 8.80. The van der Waals surface area contributed by atoms with Gasteiger partial charge in [-0.3, -0.25) is 4.79 Å². The summed E-state index contributed by atoms with van der Waals surface area (Å²) >= 11 is 1.63. The molecule has 1 unspecified atom stereocenters. The monoisotopic (exact) mass is 331 g/mol. The van der Waals surface area contributed by atoms with E-state index in [2.05, 4.69) is 15.3 Å². The highest BCUT2D eigenvalue weighted by atomic mass is 32.2. The lowest BCUT2D eigenvalue weighted by Crippen LogP contribution is -2.10. The molecule has 7 heteroatoms. The molecule has 0 bridgehead atoms. The second kappa shape index (κ2) is 6.47. The molecule has 3 aromatic rings. The van der Waals surface area contributed by atoms with E-state index in [9.17, 15) is 9.90 Å². The molecule has 0 aliphatic carbocycles. The molecule has 0 aliphatic heterocycles. The molecule has 2 aromatic heterocycles. The van der Waals surface area contributed by atoms with Gasteiger partial charge in [0.25, 0.3) is 5.91 Å². The number of benzene rings is 1. The number of amides is 1. The van der Waals surface area contributed by atoms with Crippen molar-refractivity contribution in [1.29, 1.82) is 0 Å². The van der Waals surface area contributed by atoms with Gasteiger partial charge in [0.05, 0.1) is 16.8 Å². The van der Waals surface area contributed by atoms with Gasteiger partial charge in [-0.2, -0.15) is 11.8 Å². The first-order valence-corrected chi connectivity index (χ1v) is 8.53. The Kier molecular flexibility index (Phi) is 4.40. The van der Waals surface area contributed by atoms with Crippen molar-refractivity contribution in [3.8, 4) is 0 Å². The van der Waals surface area contributed by atoms with Gasteiger partial charge < -0.3 is 19.8 Å². The minimum Gasteiger partial charge on any atom is -0.455 e. The van der Waals surface area contributed by atoms with Crippen LogP contribution in [-0.4, -0.2) is 27.2 Å². The molecule has 0 spiro atoms. The van der Waals surface area contributed by atoms with Gasteiger partial charge in [0.2, 0.25) is 0 Å². The fourth-order valence-corrected chi connectivity index (χ4v) is 2.66. The summed E-state index contributed by atoms with van der Waals surface area (Å²) in [5.74, 6) is 1.98. The third kappa shape index (κ3) is 3.40. The van der Waals surface area contributed by atoms with Gasteiger partial charge in [-0.05, 0) is 43.5 Å². The van der Waals surface area contributed by atoms with Gasteiger partial charge in [-0.1, -0.05) is 0 Å². The van der Waals surface area contributed by atoms with Crippen molar-refractivity contribution < 1.29 is 14.3 Å². The lowest BCUT2D eigenvalue weighted by atomic mass is 10.2. The van der Waals surface area contributed by atoms with Crippen LogP contribution in [0.4, 0.5) is 5.69 Å². The number of carbonyl (C=O) groups excluding carboxylic acids is 1. The van der Waals surface area contributed by atoms with E-state index in [1.165, 1.54) is 0 Å². The maximum atomic E-state index is 12.2. The number of imidazole rings is 1. The second-order valence-electron chi connectivity index (χ2n) is 5.18. The highest BCUT2D eigenvalue weighted by Crippen LogP contribution is 2.21. The normalized spacial score (nSPS) is 12.5. The van der Waals surface area contributed by atoms with Gasteiger partial charge in [0.1, 0.15) is 17.7 Å². The van der Waals surface area contributed by atoms with Crippen molar-refractivity contribution in [2.45, 2.75) is 18.8 Å². The number of hydrogen-bond donors (Lipinski definition) is 3. The Morgan fingerprint density at radius 2 is 2.26 bits per heavy atom. The molecule has 1 aromatic carbocycles. The van der Waals surface area contributed by atoms with Crippen LogP contribution in [0.1, 0.15) is 35.2 Å². The highest BCUT2D eigenvalue weighted by Gasteiger charge is 2.13. The number of furan rings is 1. The lowest BCUT2D eigenvalue weighted by Gasteiger charge is -2.03. The molecule has 3 rings (SSSR count). The molecule has 1 atom stereocenters. The number of hydrogen-bond acceptors (Lipinski definition) is 5. The predicted octanol–water partition coefficient (Wildman–Crippen LogP) is 3.32. The average Bonchev–Trinajstić information content (AvgIpc) is 3.13. The highest BCUT2D eigenvalue weighted by molar-refractivity contribution is 7.97. The molecule has 0 radical (unpaired) electrons. The molecular weight excluding hydrogens is 314 g/mol. The van der Waals surface area contributed by atoms with Gasteiger partial charge in [0.15, 0.2) is 5.76 Å². The molecule has 23 heavy (non-hydrogen) atoms. The lowest BCUT2D eigenvalue weighted by molar-refractivity contribution is 0.0995. The number of aliphatic hydroxyl groups is 1. The predicted molar refractivity (Wildman–Crippen MR) is 90.6 cm³/mol. The number of H-pyrrole nitrogens is 1. The number of rotatable bonds is 5. The Balaban J connectivity index is 1.78. The molecule has 0 saturated heterocycles. The Morgan fingerprint density at radius 3 is 3.00 bits per heavy atom. The van der Waals surface area contributed by atoms with Crippen LogP contribution in [0.3, 0.4) is 0 Å². The van der Waals surface area contributed by atoms with E-state index in [0.29, 0.717) is 11.5 Å². The number of aliphatic hydroxyl groups excluding tert-OH is 1. The summed E-state index contributed by atoms with van der Waals surface area (Å²) in [5.41, 5.74) is 2.12. The van der Waals surface area contributed by atoms with Crippen LogP contribution in [0.25, 0.3) is 11.0 Å². The molecule has 1 amide bonds. The smallest absolute Gasteiger partial charge is 0.291 e. The summed E-state index contributed by atoms with van der Waals surface area (Å²) in [4.78, 5) is 19.5. The SMILES string of the molecule is CSCc1ccc(C(=O)Nc2ccc3nc(C(C)O)[nH]c3c2)o1. The second-order valence-corrected chi connectivity index (χ2v) is 6.05. The zero-order valence-corrected chi connectivity index (χ0v) is 13.6. The van der Waals surface area contributed by atoms with Crippen molar-refractivity contribution in [3.05, 3.63) is 47.7 Å². The molecule has 6 nitrogen and oxygen atoms in total. The summed E-state index contributed by atoms with van der Waals surface area (Å²) in [6.45, 7) is 1.64. The summed E-state index contributed by atoms with van der Waals surface area (Å²) in [5, 5.41) is 12.4. The van der Waals surface area contributed by atoms with Crippen molar-refractivity contribution >= 4 is 34.4 Å². The van der Waals surface area contributed by atoms with E-state index in [1.807, 2.05) is 6.26 Å². The fourth-order valence-electron chi connectivity index (χ4n) is 2.22. The molecule has 2 heterocycles. The van der Waals surface area contributed by atoms with Crippen molar-refractivity contribution in [2.75, 3.05) is 11.6 Å². The van der Waals surface area contributed by atoms with Gasteiger partial charge in [-0.25, -0.2) is 4.98 Å². The molecule has 0 saturated carbocycles. The standard InChI is InChI=1S/C16H17N3O3S/c1-9(20)15-18-12-5-3-10(7-13(12)19-15)17-16(21)14-6-4-11(22-14)8-23-2/h3-7,9,20H,8H2,1-2H3,(H,17,21)(H,18,19). The minimum atomic E-state index is -0.668. The first-order chi connectivity index (χ1) is 11.1. The van der Waals surface area contributed by atoms with Crippen LogP contribution in [0.15, 0.2) is 34.7 Å². The van der Waals surface area contributed by atoms with Crippen LogP contribution in [0.5, 0.6) is 0 Å². The van der Waals surface area contributed by atoms with E-state index in [1.54, 1.807) is 49.0 Å². The third-order valence-electron chi connectivity index (χ3n) is 3.33. The third-order valence-corrected chi connectivity index (χ3v) is 3.90. The van der Waals surface area contributed by atoms with E-state index in [0.717, 1.165) is 22.5 Å². The van der Waals surface area contributed by atoms with E-state index in [-0.39, 0.29) is 11.7 Å². The Labute approximate surface area is 137 Å². The van der Waals surface area contributed by atoms with Crippen molar-refractivity contribution in [2.24, 2.45) is 0 Å². The van der Waals surface area contributed by atoms with Gasteiger partial charge >= 0.3 is 0 Å². The summed E-state index contributed by atoms with van der Waals surface area (Å²) in [7, 11) is 0. The number of nitrogens with zero attached hydrogens (tertiary/aromatic N) is 1. The van der Waals surface area contributed by atoms with Crippen LogP contribution >= 0.6 is 11.8 Å². The minimum absolute atomic E-state index is 0.281. The number of fused-ring (bicyclic) bond motifs is 1. The number of thioether (sulfide) groups is 1. The Bertz CT molecular complexity index is 838. The number of aromatic amines is 1. The molecule has 120 valence electrons. The fraction of sp³-hybridized carbons (Fsp3) is 0.250. The van der Waals surface area contributed by atoms with Gasteiger partial charge in [0, 0.05) is 5.69 Å². The number of nitrogens with one attached hydrogen (secondary N) is 2. The maximum absolute atomic E-state index is 12.2. The zero-order chi connectivity index (χ0) is 16.4. The van der Waals surface area contributed by atoms with Crippen LogP contribution in [0.2, 0.25) is 0 Å². The van der Waals surface area contributed by atoms with E-state index >= 15 is 0 Å².